The van der Waals surface area contributed by atoms with Gasteiger partial charge in [0.15, 0.2) is 0 Å². The van der Waals surface area contributed by atoms with Crippen LogP contribution in [0.3, 0.4) is 0 Å². The fourth-order valence-electron chi connectivity index (χ4n) is 0.637. The summed E-state index contributed by atoms with van der Waals surface area (Å²) >= 11 is 7.19. The molecule has 0 saturated heterocycles. The van der Waals surface area contributed by atoms with E-state index in [-0.39, 0.29) is 6.61 Å². The molecule has 1 N–H and O–H groups in total. The first-order valence-corrected chi connectivity index (χ1v) is 4.56. The summed E-state index contributed by atoms with van der Waals surface area (Å²) in [6.07, 6.45) is -0.447. The van der Waals surface area contributed by atoms with Crippen LogP contribution in [0, 0.1) is 0 Å². The van der Waals surface area contributed by atoms with Crippen LogP contribution in [0.25, 0.3) is 0 Å². The van der Waals surface area contributed by atoms with Crippen molar-refractivity contribution in [3.63, 3.8) is 0 Å². The Morgan fingerprint density at radius 2 is 2.58 bits per heavy atom. The Bertz CT molecular complexity index is 274. The fraction of sp³-hybridized carbons (Fsp3) is 0.286. The maximum atomic E-state index is 10.6. The van der Waals surface area contributed by atoms with Crippen LogP contribution < -0.4 is 5.32 Å². The summed E-state index contributed by atoms with van der Waals surface area (Å²) < 4.78 is 5.45. The zero-order valence-corrected chi connectivity index (χ0v) is 8.04. The van der Waals surface area contributed by atoms with E-state index >= 15 is 0 Å². The lowest BCUT2D eigenvalue weighted by molar-refractivity contribution is 0.142. The molecule has 0 aliphatic carbocycles. The van der Waals surface area contributed by atoms with E-state index in [1.807, 2.05) is 11.4 Å². The third kappa shape index (κ3) is 2.39. The largest absolute Gasteiger partial charge is 0.445 e. The highest BCUT2D eigenvalue weighted by Gasteiger charge is 2.03. The molecule has 0 atom stereocenters. The number of hydrogen-bond acceptors (Lipinski definition) is 3. The average molecular weight is 206 g/mol. The number of amides is 1. The topological polar surface area (TPSA) is 38.3 Å². The number of nitrogens with one attached hydrogen (secondary N) is 1. The lowest BCUT2D eigenvalue weighted by atomic mass is 10.4. The van der Waals surface area contributed by atoms with E-state index in [2.05, 4.69) is 5.32 Å². The molecule has 0 bridgehead atoms. The molecule has 1 heterocycles. The third-order valence-electron chi connectivity index (χ3n) is 1.26. The van der Waals surface area contributed by atoms with Crippen molar-refractivity contribution >= 4 is 29.0 Å². The molecule has 0 aromatic carbocycles. The lowest BCUT2D eigenvalue weighted by Gasteiger charge is -2.01. The highest BCUT2D eigenvalue weighted by Crippen LogP contribution is 2.23. The molecule has 0 saturated carbocycles. The van der Waals surface area contributed by atoms with Gasteiger partial charge in [0, 0.05) is 12.6 Å². The van der Waals surface area contributed by atoms with E-state index in [0.717, 1.165) is 5.56 Å². The van der Waals surface area contributed by atoms with Crippen molar-refractivity contribution in [2.45, 2.75) is 6.61 Å². The summed E-state index contributed by atoms with van der Waals surface area (Å²) in [6, 6.07) is 1.83. The minimum absolute atomic E-state index is 0.224. The van der Waals surface area contributed by atoms with Crippen LogP contribution in [0.1, 0.15) is 5.56 Å². The molecule has 0 aliphatic heterocycles. The zero-order chi connectivity index (χ0) is 8.97. The first-order chi connectivity index (χ1) is 5.74. The zero-order valence-electron chi connectivity index (χ0n) is 6.46. The SMILES string of the molecule is CNC(=O)OCc1ccsc1Cl. The fourth-order valence-corrected chi connectivity index (χ4v) is 1.54. The number of rotatable bonds is 2. The van der Waals surface area contributed by atoms with Gasteiger partial charge in [-0.3, -0.25) is 0 Å². The van der Waals surface area contributed by atoms with Crippen molar-refractivity contribution in [2.24, 2.45) is 0 Å². The van der Waals surface area contributed by atoms with Gasteiger partial charge in [-0.2, -0.15) is 0 Å². The van der Waals surface area contributed by atoms with Gasteiger partial charge in [-0.05, 0) is 11.4 Å². The van der Waals surface area contributed by atoms with Gasteiger partial charge in [0.2, 0.25) is 0 Å². The van der Waals surface area contributed by atoms with Crippen molar-refractivity contribution in [3.05, 3.63) is 21.3 Å². The number of thiophene rings is 1. The Morgan fingerprint density at radius 3 is 3.08 bits per heavy atom. The number of carbonyl (C=O) groups is 1. The molecule has 0 unspecified atom stereocenters. The second kappa shape index (κ2) is 4.33. The number of carbonyl (C=O) groups excluding carboxylic acids is 1. The predicted molar refractivity (Wildman–Crippen MR) is 48.6 cm³/mol. The monoisotopic (exact) mass is 205 g/mol. The van der Waals surface area contributed by atoms with Crippen molar-refractivity contribution in [1.82, 2.24) is 5.32 Å². The molecule has 1 aromatic heterocycles. The lowest BCUT2D eigenvalue weighted by Crippen LogP contribution is -2.18. The van der Waals surface area contributed by atoms with Crippen LogP contribution in [0.2, 0.25) is 4.34 Å². The Morgan fingerprint density at radius 1 is 1.83 bits per heavy atom. The van der Waals surface area contributed by atoms with Gasteiger partial charge in [-0.15, -0.1) is 11.3 Å². The summed E-state index contributed by atoms with van der Waals surface area (Å²) in [5, 5.41) is 4.20. The maximum absolute atomic E-state index is 10.6. The van der Waals surface area contributed by atoms with Gasteiger partial charge >= 0.3 is 6.09 Å². The molecule has 3 nitrogen and oxygen atoms in total. The predicted octanol–water partition coefficient (Wildman–Crippen LogP) is 2.26. The Labute approximate surface area is 79.3 Å². The van der Waals surface area contributed by atoms with Crippen LogP contribution in [-0.2, 0) is 11.3 Å². The molecule has 0 spiro atoms. The van der Waals surface area contributed by atoms with Crippen LogP contribution in [0.15, 0.2) is 11.4 Å². The molecule has 1 rings (SSSR count). The third-order valence-corrected chi connectivity index (χ3v) is 2.51. The Kier molecular flexibility index (Phi) is 3.37. The molecule has 0 fully saturated rings. The highest BCUT2D eigenvalue weighted by molar-refractivity contribution is 7.14. The van der Waals surface area contributed by atoms with Crippen LogP contribution in [0.4, 0.5) is 4.79 Å². The van der Waals surface area contributed by atoms with E-state index in [1.54, 1.807) is 0 Å². The molecule has 5 heteroatoms. The van der Waals surface area contributed by atoms with E-state index in [0.29, 0.717) is 4.34 Å². The summed E-state index contributed by atoms with van der Waals surface area (Å²) in [5.41, 5.74) is 0.838. The van der Waals surface area contributed by atoms with Crippen molar-refractivity contribution < 1.29 is 9.53 Å². The van der Waals surface area contributed by atoms with Crippen LogP contribution in [0.5, 0.6) is 0 Å². The molecular weight excluding hydrogens is 198 g/mol. The van der Waals surface area contributed by atoms with E-state index in [9.17, 15) is 4.79 Å². The second-order valence-corrected chi connectivity index (χ2v) is 3.56. The number of halogens is 1. The van der Waals surface area contributed by atoms with Gasteiger partial charge in [-0.1, -0.05) is 11.6 Å². The number of alkyl carbamates (subject to hydrolysis) is 1. The molecular formula is C7H8ClNO2S. The summed E-state index contributed by atoms with van der Waals surface area (Å²) in [6.45, 7) is 0.224. The van der Waals surface area contributed by atoms with Gasteiger partial charge in [0.1, 0.15) is 6.61 Å². The summed E-state index contributed by atoms with van der Waals surface area (Å²) in [5.74, 6) is 0. The smallest absolute Gasteiger partial charge is 0.407 e. The Balaban J connectivity index is 2.43. The molecule has 0 radical (unpaired) electrons. The van der Waals surface area contributed by atoms with Crippen molar-refractivity contribution in [1.29, 1.82) is 0 Å². The average Bonchev–Trinajstić information content (AvgIpc) is 2.47. The van der Waals surface area contributed by atoms with E-state index < -0.39 is 6.09 Å². The van der Waals surface area contributed by atoms with Crippen molar-refractivity contribution in [3.8, 4) is 0 Å². The minimum atomic E-state index is -0.447. The number of ether oxygens (including phenoxy) is 1. The van der Waals surface area contributed by atoms with E-state index in [4.69, 9.17) is 16.3 Å². The van der Waals surface area contributed by atoms with Gasteiger partial charge in [-0.25, -0.2) is 4.79 Å². The highest BCUT2D eigenvalue weighted by atomic mass is 35.5. The van der Waals surface area contributed by atoms with Gasteiger partial charge in [0.25, 0.3) is 0 Å². The van der Waals surface area contributed by atoms with E-state index in [1.165, 1.54) is 18.4 Å². The van der Waals surface area contributed by atoms with Crippen LogP contribution >= 0.6 is 22.9 Å². The normalized spacial score (nSPS) is 9.50. The molecule has 1 aromatic rings. The molecule has 66 valence electrons. The first-order valence-electron chi connectivity index (χ1n) is 3.30. The molecule has 12 heavy (non-hydrogen) atoms. The van der Waals surface area contributed by atoms with Crippen LogP contribution in [-0.4, -0.2) is 13.1 Å². The quantitative estimate of drug-likeness (QED) is 0.805. The summed E-state index contributed by atoms with van der Waals surface area (Å²) in [4.78, 5) is 10.6. The van der Waals surface area contributed by atoms with Gasteiger partial charge < -0.3 is 10.1 Å². The summed E-state index contributed by atoms with van der Waals surface area (Å²) in [7, 11) is 1.51. The maximum Gasteiger partial charge on any atom is 0.407 e. The number of hydrogen-bond donors (Lipinski definition) is 1. The second-order valence-electron chi connectivity index (χ2n) is 2.05. The Hall–Kier alpha value is -0.740. The molecule has 1 amide bonds. The first kappa shape index (κ1) is 9.35. The van der Waals surface area contributed by atoms with Crippen molar-refractivity contribution in [2.75, 3.05) is 7.05 Å². The standard InChI is InChI=1S/C7H8ClNO2S/c1-9-7(10)11-4-5-2-3-12-6(5)8/h2-3H,4H2,1H3,(H,9,10). The van der Waals surface area contributed by atoms with Gasteiger partial charge in [0.05, 0.1) is 4.34 Å². The minimum Gasteiger partial charge on any atom is -0.445 e. The molecule has 0 aliphatic rings.